The first-order chi connectivity index (χ1) is 7.25. The Balaban J connectivity index is 1.70. The molecule has 0 radical (unpaired) electrons. The molecule has 1 N–H and O–H groups in total. The van der Waals surface area contributed by atoms with Crippen LogP contribution in [0, 0.1) is 12.8 Å². The van der Waals surface area contributed by atoms with Crippen LogP contribution in [0.5, 0.6) is 0 Å². The van der Waals surface area contributed by atoms with Crippen molar-refractivity contribution in [1.82, 2.24) is 15.1 Å². The predicted octanol–water partition coefficient (Wildman–Crippen LogP) is 1.97. The van der Waals surface area contributed by atoms with E-state index >= 15 is 0 Å². The summed E-state index contributed by atoms with van der Waals surface area (Å²) >= 11 is 0. The molecule has 0 bridgehead atoms. The number of nitrogens with one attached hydrogen (secondary N) is 1. The zero-order valence-corrected chi connectivity index (χ0v) is 9.74. The first-order valence-corrected chi connectivity index (χ1v) is 5.98. The monoisotopic (exact) mass is 207 g/mol. The molecule has 2 rings (SSSR count). The molecule has 2 atom stereocenters. The van der Waals surface area contributed by atoms with Crippen molar-refractivity contribution < 1.29 is 0 Å². The average molecular weight is 207 g/mol. The highest BCUT2D eigenvalue weighted by atomic mass is 15.3. The lowest BCUT2D eigenvalue weighted by Crippen LogP contribution is -2.33. The van der Waals surface area contributed by atoms with Gasteiger partial charge >= 0.3 is 0 Å². The van der Waals surface area contributed by atoms with Gasteiger partial charge in [0.1, 0.15) is 0 Å². The molecule has 0 spiro atoms. The summed E-state index contributed by atoms with van der Waals surface area (Å²) in [5.41, 5.74) is 1.24. The Morgan fingerprint density at radius 1 is 1.53 bits per heavy atom. The molecule has 3 heteroatoms. The third kappa shape index (κ3) is 2.81. The number of aromatic nitrogens is 2. The van der Waals surface area contributed by atoms with Crippen molar-refractivity contribution in [3.8, 4) is 0 Å². The SMILES string of the molecule is Cc1cnn(CCNC2CCCC2C)c1. The van der Waals surface area contributed by atoms with Gasteiger partial charge in [-0.2, -0.15) is 5.10 Å². The Morgan fingerprint density at radius 3 is 3.00 bits per heavy atom. The first kappa shape index (κ1) is 10.7. The maximum atomic E-state index is 4.28. The molecule has 1 aromatic rings. The highest BCUT2D eigenvalue weighted by molar-refractivity contribution is 4.99. The Morgan fingerprint density at radius 2 is 2.40 bits per heavy atom. The summed E-state index contributed by atoms with van der Waals surface area (Å²) in [6.45, 7) is 6.45. The Bertz CT molecular complexity index is 306. The van der Waals surface area contributed by atoms with Crippen molar-refractivity contribution in [2.45, 2.75) is 45.7 Å². The molecule has 1 saturated carbocycles. The summed E-state index contributed by atoms with van der Waals surface area (Å²) < 4.78 is 2.02. The normalized spacial score (nSPS) is 26.0. The first-order valence-electron chi connectivity index (χ1n) is 5.98. The van der Waals surface area contributed by atoms with Gasteiger partial charge in [-0.25, -0.2) is 0 Å². The number of hydrogen-bond acceptors (Lipinski definition) is 2. The van der Waals surface area contributed by atoms with Gasteiger partial charge in [0.2, 0.25) is 0 Å². The predicted molar refractivity (Wildman–Crippen MR) is 61.8 cm³/mol. The summed E-state index contributed by atoms with van der Waals surface area (Å²) in [5, 5.41) is 7.90. The van der Waals surface area contributed by atoms with Gasteiger partial charge in [-0.3, -0.25) is 4.68 Å². The Kier molecular flexibility index (Phi) is 3.41. The van der Waals surface area contributed by atoms with Gasteiger partial charge in [0.05, 0.1) is 12.7 Å². The summed E-state index contributed by atoms with van der Waals surface area (Å²) in [5.74, 6) is 0.851. The summed E-state index contributed by atoms with van der Waals surface area (Å²) in [7, 11) is 0. The van der Waals surface area contributed by atoms with Crippen LogP contribution in [0.3, 0.4) is 0 Å². The Labute approximate surface area is 91.9 Å². The second-order valence-corrected chi connectivity index (χ2v) is 4.75. The third-order valence-corrected chi connectivity index (χ3v) is 3.37. The van der Waals surface area contributed by atoms with Gasteiger partial charge in [0.25, 0.3) is 0 Å². The van der Waals surface area contributed by atoms with E-state index in [0.717, 1.165) is 25.0 Å². The van der Waals surface area contributed by atoms with Crippen molar-refractivity contribution in [2.75, 3.05) is 6.54 Å². The molecule has 3 nitrogen and oxygen atoms in total. The molecule has 15 heavy (non-hydrogen) atoms. The van der Waals surface area contributed by atoms with Crippen molar-refractivity contribution in [2.24, 2.45) is 5.92 Å². The van der Waals surface area contributed by atoms with Crippen LogP contribution in [0.1, 0.15) is 31.7 Å². The highest BCUT2D eigenvalue weighted by Gasteiger charge is 2.22. The van der Waals surface area contributed by atoms with E-state index in [-0.39, 0.29) is 0 Å². The van der Waals surface area contributed by atoms with Crippen LogP contribution in [0.15, 0.2) is 12.4 Å². The van der Waals surface area contributed by atoms with Crippen molar-refractivity contribution >= 4 is 0 Å². The van der Waals surface area contributed by atoms with Crippen molar-refractivity contribution in [3.05, 3.63) is 18.0 Å². The van der Waals surface area contributed by atoms with E-state index in [0.29, 0.717) is 0 Å². The van der Waals surface area contributed by atoms with E-state index in [1.54, 1.807) is 0 Å². The standard InChI is InChI=1S/C12H21N3/c1-10-8-14-15(9-10)7-6-13-12-5-3-4-11(12)2/h8-9,11-13H,3-7H2,1-2H3. The molecule has 1 heterocycles. The maximum Gasteiger partial charge on any atom is 0.0534 e. The van der Waals surface area contributed by atoms with Gasteiger partial charge < -0.3 is 5.32 Å². The fourth-order valence-corrected chi connectivity index (χ4v) is 2.40. The van der Waals surface area contributed by atoms with Gasteiger partial charge in [-0.15, -0.1) is 0 Å². The quantitative estimate of drug-likeness (QED) is 0.818. The van der Waals surface area contributed by atoms with E-state index in [1.807, 2.05) is 10.9 Å². The molecule has 0 aromatic carbocycles. The van der Waals surface area contributed by atoms with E-state index in [2.05, 4.69) is 30.5 Å². The van der Waals surface area contributed by atoms with Crippen LogP contribution in [0.4, 0.5) is 0 Å². The van der Waals surface area contributed by atoms with Crippen LogP contribution >= 0.6 is 0 Å². The van der Waals surface area contributed by atoms with Crippen LogP contribution in [0.2, 0.25) is 0 Å². The van der Waals surface area contributed by atoms with Gasteiger partial charge in [0, 0.05) is 18.8 Å². The minimum absolute atomic E-state index is 0.738. The topological polar surface area (TPSA) is 29.9 Å². The molecule has 1 aliphatic carbocycles. The fourth-order valence-electron chi connectivity index (χ4n) is 2.40. The van der Waals surface area contributed by atoms with Crippen LogP contribution in [0.25, 0.3) is 0 Å². The smallest absolute Gasteiger partial charge is 0.0534 e. The molecule has 84 valence electrons. The molecular weight excluding hydrogens is 186 g/mol. The zero-order chi connectivity index (χ0) is 10.7. The Hall–Kier alpha value is -0.830. The van der Waals surface area contributed by atoms with Crippen molar-refractivity contribution in [1.29, 1.82) is 0 Å². The molecule has 0 amide bonds. The molecule has 0 aliphatic heterocycles. The lowest BCUT2D eigenvalue weighted by atomic mass is 10.1. The van der Waals surface area contributed by atoms with Gasteiger partial charge in [0.15, 0.2) is 0 Å². The van der Waals surface area contributed by atoms with E-state index in [1.165, 1.54) is 24.8 Å². The fraction of sp³-hybridized carbons (Fsp3) is 0.750. The average Bonchev–Trinajstić information content (AvgIpc) is 2.77. The van der Waals surface area contributed by atoms with Gasteiger partial charge in [-0.05, 0) is 31.2 Å². The number of hydrogen-bond donors (Lipinski definition) is 1. The molecular formula is C12H21N3. The number of aryl methyl sites for hydroxylation is 1. The largest absolute Gasteiger partial charge is 0.312 e. The second-order valence-electron chi connectivity index (χ2n) is 4.75. The minimum Gasteiger partial charge on any atom is -0.312 e. The van der Waals surface area contributed by atoms with E-state index in [9.17, 15) is 0 Å². The molecule has 1 fully saturated rings. The summed E-state index contributed by atoms with van der Waals surface area (Å²) in [4.78, 5) is 0. The lowest BCUT2D eigenvalue weighted by molar-refractivity contribution is 0.410. The van der Waals surface area contributed by atoms with Crippen LogP contribution < -0.4 is 5.32 Å². The van der Waals surface area contributed by atoms with E-state index < -0.39 is 0 Å². The zero-order valence-electron chi connectivity index (χ0n) is 9.74. The van der Waals surface area contributed by atoms with E-state index in [4.69, 9.17) is 0 Å². The third-order valence-electron chi connectivity index (χ3n) is 3.37. The molecule has 0 saturated heterocycles. The number of nitrogens with zero attached hydrogens (tertiary/aromatic N) is 2. The number of rotatable bonds is 4. The molecule has 1 aliphatic rings. The van der Waals surface area contributed by atoms with Crippen LogP contribution in [-0.2, 0) is 6.54 Å². The van der Waals surface area contributed by atoms with Crippen molar-refractivity contribution in [3.63, 3.8) is 0 Å². The van der Waals surface area contributed by atoms with Gasteiger partial charge in [-0.1, -0.05) is 13.3 Å². The molecule has 1 aromatic heterocycles. The molecule has 2 unspecified atom stereocenters. The lowest BCUT2D eigenvalue weighted by Gasteiger charge is -2.16. The summed E-state index contributed by atoms with van der Waals surface area (Å²) in [6.07, 6.45) is 8.13. The minimum atomic E-state index is 0.738. The maximum absolute atomic E-state index is 4.28. The highest BCUT2D eigenvalue weighted by Crippen LogP contribution is 2.24. The van der Waals surface area contributed by atoms with Crippen LogP contribution in [-0.4, -0.2) is 22.4 Å². The second kappa shape index (κ2) is 4.79. The summed E-state index contributed by atoms with van der Waals surface area (Å²) in [6, 6.07) is 0.738.